The molecule has 0 fully saturated rings. The molecule has 1 aromatic rings. The van der Waals surface area contributed by atoms with Crippen molar-refractivity contribution in [2.24, 2.45) is 5.11 Å². The van der Waals surface area contributed by atoms with Crippen LogP contribution in [0.15, 0.2) is 29.4 Å². The molecule has 0 heterocycles. The number of rotatable bonds is 1. The van der Waals surface area contributed by atoms with Crippen LogP contribution in [0.4, 0.5) is 0 Å². The molecule has 0 aromatic heterocycles. The van der Waals surface area contributed by atoms with Crippen LogP contribution in [-0.2, 0) is 0 Å². The minimum Gasteiger partial charge on any atom is -0.265 e. The molecule has 3 nitrogen and oxygen atoms in total. The second kappa shape index (κ2) is 3.05. The standard InChI is InChI=1S/C8H8N2O/c1-6-3-2-4-7(5-6)8(11)10-9/h2-5,9H,1H3. The number of amides is 1. The molecule has 1 rings (SSSR count). The van der Waals surface area contributed by atoms with Crippen molar-refractivity contribution in [3.63, 3.8) is 0 Å². The summed E-state index contributed by atoms with van der Waals surface area (Å²) in [6.45, 7) is 1.89. The number of benzene rings is 1. The molecule has 0 aliphatic heterocycles. The monoisotopic (exact) mass is 148 g/mol. The Morgan fingerprint density at radius 1 is 1.55 bits per heavy atom. The van der Waals surface area contributed by atoms with E-state index in [4.69, 9.17) is 5.53 Å². The van der Waals surface area contributed by atoms with Gasteiger partial charge in [0.2, 0.25) is 0 Å². The average Bonchev–Trinajstić information content (AvgIpc) is 2.03. The van der Waals surface area contributed by atoms with Gasteiger partial charge >= 0.3 is 0 Å². The summed E-state index contributed by atoms with van der Waals surface area (Å²) in [4.78, 5) is 10.8. The zero-order chi connectivity index (χ0) is 8.27. The fourth-order valence-electron chi connectivity index (χ4n) is 0.843. The summed E-state index contributed by atoms with van der Waals surface area (Å²) in [6, 6.07) is 7.02. The van der Waals surface area contributed by atoms with Gasteiger partial charge in [-0.2, -0.15) is 0 Å². The fraction of sp³-hybridized carbons (Fsp3) is 0.125. The van der Waals surface area contributed by atoms with Gasteiger partial charge in [-0.25, -0.2) is 5.53 Å². The highest BCUT2D eigenvalue weighted by Gasteiger charge is 2.01. The van der Waals surface area contributed by atoms with Crippen LogP contribution in [0.1, 0.15) is 15.9 Å². The molecule has 0 bridgehead atoms. The van der Waals surface area contributed by atoms with Crippen molar-refractivity contribution >= 4 is 5.91 Å². The van der Waals surface area contributed by atoms with Crippen LogP contribution < -0.4 is 0 Å². The maximum atomic E-state index is 10.8. The molecule has 11 heavy (non-hydrogen) atoms. The van der Waals surface area contributed by atoms with Gasteiger partial charge in [-0.15, -0.1) is 5.11 Å². The van der Waals surface area contributed by atoms with Gasteiger partial charge in [0.15, 0.2) is 0 Å². The van der Waals surface area contributed by atoms with Gasteiger partial charge in [-0.3, -0.25) is 4.79 Å². The number of hydrogen-bond acceptors (Lipinski definition) is 2. The highest BCUT2D eigenvalue weighted by atomic mass is 16.1. The lowest BCUT2D eigenvalue weighted by Crippen LogP contribution is -1.92. The SMILES string of the molecule is Cc1cccc(C(=O)N=N)c1. The molecule has 0 unspecified atom stereocenters. The second-order valence-electron chi connectivity index (χ2n) is 2.29. The molecule has 1 N–H and O–H groups in total. The lowest BCUT2D eigenvalue weighted by Gasteiger charge is -1.94. The van der Waals surface area contributed by atoms with Crippen LogP contribution in [0.5, 0.6) is 0 Å². The number of aryl methyl sites for hydroxylation is 1. The van der Waals surface area contributed by atoms with Gasteiger partial charge in [-0.1, -0.05) is 17.7 Å². The summed E-state index contributed by atoms with van der Waals surface area (Å²) in [7, 11) is 0. The first-order valence-corrected chi connectivity index (χ1v) is 3.22. The fourth-order valence-corrected chi connectivity index (χ4v) is 0.843. The summed E-state index contributed by atoms with van der Waals surface area (Å²) in [5, 5.41) is 2.81. The topological polar surface area (TPSA) is 53.3 Å². The van der Waals surface area contributed by atoms with E-state index in [1.54, 1.807) is 18.2 Å². The molecule has 0 saturated heterocycles. The Morgan fingerprint density at radius 2 is 2.27 bits per heavy atom. The zero-order valence-corrected chi connectivity index (χ0v) is 6.16. The average molecular weight is 148 g/mol. The Bertz CT molecular complexity index is 294. The van der Waals surface area contributed by atoms with Crippen LogP contribution in [-0.4, -0.2) is 5.91 Å². The van der Waals surface area contributed by atoms with Gasteiger partial charge in [0, 0.05) is 5.56 Å². The second-order valence-corrected chi connectivity index (χ2v) is 2.29. The largest absolute Gasteiger partial charge is 0.294 e. The van der Waals surface area contributed by atoms with Crippen molar-refractivity contribution in [2.75, 3.05) is 0 Å². The lowest BCUT2D eigenvalue weighted by atomic mass is 10.1. The number of carbonyl (C=O) groups excluding carboxylic acids is 1. The molecular formula is C8H8N2O. The van der Waals surface area contributed by atoms with E-state index in [1.165, 1.54) is 0 Å². The number of carbonyl (C=O) groups is 1. The third-order valence-electron chi connectivity index (χ3n) is 1.37. The Balaban J connectivity index is 3.05. The molecule has 0 radical (unpaired) electrons. The van der Waals surface area contributed by atoms with Crippen LogP contribution in [0.2, 0.25) is 0 Å². The third kappa shape index (κ3) is 1.70. The highest BCUT2D eigenvalue weighted by molar-refractivity contribution is 5.94. The van der Waals surface area contributed by atoms with Crippen molar-refractivity contribution in [1.82, 2.24) is 0 Å². The van der Waals surface area contributed by atoms with E-state index in [-0.39, 0.29) is 0 Å². The minimum atomic E-state index is -0.492. The van der Waals surface area contributed by atoms with E-state index in [0.29, 0.717) is 5.56 Å². The Labute approximate surface area is 64.6 Å². The quantitative estimate of drug-likeness (QED) is 0.609. The molecule has 56 valence electrons. The van der Waals surface area contributed by atoms with Crippen molar-refractivity contribution in [3.05, 3.63) is 35.4 Å². The maximum absolute atomic E-state index is 10.8. The first-order chi connectivity index (χ1) is 5.24. The van der Waals surface area contributed by atoms with Crippen molar-refractivity contribution < 1.29 is 4.79 Å². The summed E-state index contributed by atoms with van der Waals surface area (Å²) in [5.41, 5.74) is 7.96. The van der Waals surface area contributed by atoms with Crippen LogP contribution >= 0.6 is 0 Å². The lowest BCUT2D eigenvalue weighted by molar-refractivity contribution is 0.0991. The van der Waals surface area contributed by atoms with Crippen molar-refractivity contribution in [3.8, 4) is 0 Å². The van der Waals surface area contributed by atoms with Crippen LogP contribution in [0, 0.1) is 12.5 Å². The minimum absolute atomic E-state index is 0.472. The Morgan fingerprint density at radius 3 is 2.82 bits per heavy atom. The summed E-state index contributed by atoms with van der Waals surface area (Å²) < 4.78 is 0. The molecule has 0 atom stereocenters. The predicted octanol–water partition coefficient (Wildman–Crippen LogP) is 2.17. The van der Waals surface area contributed by atoms with Gasteiger partial charge < -0.3 is 0 Å². The van der Waals surface area contributed by atoms with Gasteiger partial charge in [0.1, 0.15) is 0 Å². The van der Waals surface area contributed by atoms with E-state index >= 15 is 0 Å². The smallest absolute Gasteiger partial charge is 0.265 e. The molecule has 0 saturated carbocycles. The van der Waals surface area contributed by atoms with E-state index in [0.717, 1.165) is 5.56 Å². The van der Waals surface area contributed by atoms with Crippen molar-refractivity contribution in [2.45, 2.75) is 6.92 Å². The van der Waals surface area contributed by atoms with Crippen molar-refractivity contribution in [1.29, 1.82) is 5.53 Å². The number of nitrogens with zero attached hydrogens (tertiary/aromatic N) is 1. The normalized spacial score (nSPS) is 9.18. The van der Waals surface area contributed by atoms with Gasteiger partial charge in [0.25, 0.3) is 5.91 Å². The number of nitrogens with one attached hydrogen (secondary N) is 1. The maximum Gasteiger partial charge on any atom is 0.294 e. The molecule has 0 aliphatic rings. The molecule has 1 amide bonds. The Kier molecular flexibility index (Phi) is 2.11. The molecule has 0 aliphatic carbocycles. The third-order valence-corrected chi connectivity index (χ3v) is 1.37. The first-order valence-electron chi connectivity index (χ1n) is 3.22. The zero-order valence-electron chi connectivity index (χ0n) is 6.16. The number of hydrogen-bond donors (Lipinski definition) is 1. The van der Waals surface area contributed by atoms with Crippen LogP contribution in [0.3, 0.4) is 0 Å². The van der Waals surface area contributed by atoms with E-state index < -0.39 is 5.91 Å². The molecule has 1 aromatic carbocycles. The molecular weight excluding hydrogens is 140 g/mol. The molecule has 3 heteroatoms. The van der Waals surface area contributed by atoms with Gasteiger partial charge in [-0.05, 0) is 19.1 Å². The van der Waals surface area contributed by atoms with E-state index in [9.17, 15) is 4.79 Å². The first kappa shape index (κ1) is 7.60. The highest BCUT2D eigenvalue weighted by Crippen LogP contribution is 2.04. The van der Waals surface area contributed by atoms with Gasteiger partial charge in [0.05, 0.1) is 0 Å². The van der Waals surface area contributed by atoms with E-state index in [1.807, 2.05) is 13.0 Å². The Hall–Kier alpha value is -1.51. The predicted molar refractivity (Wildman–Crippen MR) is 40.7 cm³/mol. The molecule has 0 spiro atoms. The van der Waals surface area contributed by atoms with Crippen LogP contribution in [0.25, 0.3) is 0 Å². The summed E-state index contributed by atoms with van der Waals surface area (Å²) >= 11 is 0. The summed E-state index contributed by atoms with van der Waals surface area (Å²) in [5.74, 6) is -0.492. The summed E-state index contributed by atoms with van der Waals surface area (Å²) in [6.07, 6.45) is 0. The van der Waals surface area contributed by atoms with E-state index in [2.05, 4.69) is 5.11 Å².